The maximum Gasteiger partial charge on any atom is 0.433 e. The molecule has 0 aliphatic carbocycles. The van der Waals surface area contributed by atoms with Gasteiger partial charge in [-0.3, -0.25) is 4.79 Å². The average Bonchev–Trinajstić information content (AvgIpc) is 2.27. The fourth-order valence-electron chi connectivity index (χ4n) is 1.23. The molecule has 0 spiro atoms. The van der Waals surface area contributed by atoms with Crippen molar-refractivity contribution >= 4 is 11.9 Å². The molecular weight excluding hydrogens is 249 g/mol. The van der Waals surface area contributed by atoms with Crippen LogP contribution in [0.2, 0.25) is 0 Å². The molecule has 0 radical (unpaired) electrons. The fraction of sp³-hybridized carbons (Fsp3) is 0.500. The van der Waals surface area contributed by atoms with E-state index >= 15 is 0 Å². The van der Waals surface area contributed by atoms with Crippen molar-refractivity contribution in [2.24, 2.45) is 0 Å². The van der Waals surface area contributed by atoms with E-state index in [9.17, 15) is 18.0 Å². The molecule has 0 unspecified atom stereocenters. The van der Waals surface area contributed by atoms with Gasteiger partial charge in [0.05, 0.1) is 0 Å². The highest BCUT2D eigenvalue weighted by molar-refractivity contribution is 5.83. The number of rotatable bonds is 3. The molecule has 0 aliphatic heterocycles. The summed E-state index contributed by atoms with van der Waals surface area (Å²) in [5.74, 6) is -0.511. The Kier molecular flexibility index (Phi) is 4.10. The lowest BCUT2D eigenvalue weighted by atomic mass is 10.3. The van der Waals surface area contributed by atoms with Crippen LogP contribution in [-0.2, 0) is 11.0 Å². The van der Waals surface area contributed by atoms with Crippen LogP contribution in [0.15, 0.2) is 12.3 Å². The Balaban J connectivity index is 2.83. The maximum atomic E-state index is 12.4. The first-order valence-corrected chi connectivity index (χ1v) is 5.09. The minimum Gasteiger partial charge on any atom is -0.347 e. The Bertz CT molecular complexity index is 433. The van der Waals surface area contributed by atoms with E-state index in [0.717, 1.165) is 12.3 Å². The topological polar surface area (TPSA) is 58.1 Å². The van der Waals surface area contributed by atoms with E-state index in [-0.39, 0.29) is 11.9 Å². The predicted octanol–water partition coefficient (Wildman–Crippen LogP) is 1.38. The third kappa shape index (κ3) is 3.57. The first-order valence-electron chi connectivity index (χ1n) is 5.09. The molecular formula is C10H13F3N4O. The number of anilines is 1. The summed E-state index contributed by atoms with van der Waals surface area (Å²) in [4.78, 5) is 19.8. The van der Waals surface area contributed by atoms with E-state index in [1.165, 1.54) is 11.8 Å². The van der Waals surface area contributed by atoms with Crippen molar-refractivity contribution in [3.63, 3.8) is 0 Å². The molecule has 1 aromatic rings. The van der Waals surface area contributed by atoms with Crippen LogP contribution in [-0.4, -0.2) is 40.9 Å². The summed E-state index contributed by atoms with van der Waals surface area (Å²) in [6.45, 7) is 1.52. The number of amides is 1. The minimum atomic E-state index is -4.53. The highest BCUT2D eigenvalue weighted by Gasteiger charge is 2.33. The Hall–Kier alpha value is -1.86. The minimum absolute atomic E-state index is 0.229. The van der Waals surface area contributed by atoms with Crippen LogP contribution in [0.5, 0.6) is 0 Å². The number of alkyl halides is 3. The summed E-state index contributed by atoms with van der Waals surface area (Å²) >= 11 is 0. The molecule has 8 heteroatoms. The number of hydrogen-bond donors (Lipinski definition) is 1. The Labute approximate surface area is 102 Å². The van der Waals surface area contributed by atoms with E-state index in [4.69, 9.17) is 0 Å². The zero-order valence-corrected chi connectivity index (χ0v) is 10.1. The summed E-state index contributed by atoms with van der Waals surface area (Å²) in [7, 11) is 3.10. The van der Waals surface area contributed by atoms with Gasteiger partial charge in [-0.15, -0.1) is 0 Å². The molecule has 0 bridgehead atoms. The molecule has 0 saturated heterocycles. The van der Waals surface area contributed by atoms with Gasteiger partial charge in [-0.1, -0.05) is 0 Å². The molecule has 1 aromatic heterocycles. The quantitative estimate of drug-likeness (QED) is 0.894. The van der Waals surface area contributed by atoms with Crippen LogP contribution in [0.1, 0.15) is 12.6 Å². The monoisotopic (exact) mass is 262 g/mol. The van der Waals surface area contributed by atoms with Crippen LogP contribution in [0, 0.1) is 0 Å². The molecule has 0 saturated carbocycles. The Morgan fingerprint density at radius 2 is 2.06 bits per heavy atom. The largest absolute Gasteiger partial charge is 0.433 e. The molecule has 1 amide bonds. The van der Waals surface area contributed by atoms with Crippen LogP contribution >= 0.6 is 0 Å². The first kappa shape index (κ1) is 14.2. The molecule has 0 aliphatic rings. The van der Waals surface area contributed by atoms with Gasteiger partial charge >= 0.3 is 6.18 Å². The Morgan fingerprint density at radius 1 is 1.44 bits per heavy atom. The average molecular weight is 262 g/mol. The third-order valence-corrected chi connectivity index (χ3v) is 2.10. The van der Waals surface area contributed by atoms with E-state index in [1.807, 2.05) is 0 Å². The second-order valence-electron chi connectivity index (χ2n) is 3.86. The number of nitrogens with one attached hydrogen (secondary N) is 1. The van der Waals surface area contributed by atoms with E-state index < -0.39 is 17.9 Å². The summed E-state index contributed by atoms with van der Waals surface area (Å²) in [5, 5.41) is 2.52. The molecule has 5 nitrogen and oxygen atoms in total. The van der Waals surface area contributed by atoms with Crippen molar-refractivity contribution in [2.75, 3.05) is 19.4 Å². The van der Waals surface area contributed by atoms with Gasteiger partial charge in [-0.2, -0.15) is 13.2 Å². The molecule has 1 atom stereocenters. The number of carbonyl (C=O) groups is 1. The Morgan fingerprint density at radius 3 is 2.56 bits per heavy atom. The van der Waals surface area contributed by atoms with E-state index in [0.29, 0.717) is 0 Å². The lowest BCUT2D eigenvalue weighted by Gasteiger charge is -2.18. The molecule has 1 N–H and O–H groups in total. The van der Waals surface area contributed by atoms with Gasteiger partial charge in [0.2, 0.25) is 11.9 Å². The van der Waals surface area contributed by atoms with Crippen LogP contribution in [0.3, 0.4) is 0 Å². The lowest BCUT2D eigenvalue weighted by Crippen LogP contribution is -2.37. The maximum absolute atomic E-state index is 12.4. The predicted molar refractivity (Wildman–Crippen MR) is 58.8 cm³/mol. The number of aromatic nitrogens is 2. The number of nitrogens with zero attached hydrogens (tertiary/aromatic N) is 3. The van der Waals surface area contributed by atoms with Gasteiger partial charge in [-0.05, 0) is 13.0 Å². The molecule has 100 valence electrons. The van der Waals surface area contributed by atoms with Crippen molar-refractivity contribution in [2.45, 2.75) is 19.1 Å². The second-order valence-corrected chi connectivity index (χ2v) is 3.86. The summed E-state index contributed by atoms with van der Waals surface area (Å²) in [6, 6.07) is 0.0624. The van der Waals surface area contributed by atoms with Gasteiger partial charge in [0.1, 0.15) is 11.7 Å². The van der Waals surface area contributed by atoms with Crippen LogP contribution in [0.4, 0.5) is 19.1 Å². The second kappa shape index (κ2) is 5.19. The van der Waals surface area contributed by atoms with Crippen molar-refractivity contribution in [3.8, 4) is 0 Å². The summed E-state index contributed by atoms with van der Waals surface area (Å²) in [5.41, 5.74) is -1.05. The molecule has 18 heavy (non-hydrogen) atoms. The van der Waals surface area contributed by atoms with Crippen molar-refractivity contribution in [3.05, 3.63) is 18.0 Å². The van der Waals surface area contributed by atoms with Gasteiger partial charge in [0.25, 0.3) is 0 Å². The van der Waals surface area contributed by atoms with Crippen LogP contribution in [0.25, 0.3) is 0 Å². The van der Waals surface area contributed by atoms with Gasteiger partial charge in [0.15, 0.2) is 0 Å². The van der Waals surface area contributed by atoms with Gasteiger partial charge < -0.3 is 10.2 Å². The highest BCUT2D eigenvalue weighted by atomic mass is 19.4. The summed E-state index contributed by atoms with van der Waals surface area (Å²) < 4.78 is 37.2. The fourth-order valence-corrected chi connectivity index (χ4v) is 1.23. The van der Waals surface area contributed by atoms with Gasteiger partial charge in [-0.25, -0.2) is 9.97 Å². The lowest BCUT2D eigenvalue weighted by molar-refractivity contribution is -0.141. The zero-order valence-electron chi connectivity index (χ0n) is 10.1. The third-order valence-electron chi connectivity index (χ3n) is 2.10. The normalized spacial score (nSPS) is 13.0. The highest BCUT2D eigenvalue weighted by Crippen LogP contribution is 2.27. The smallest absolute Gasteiger partial charge is 0.347 e. The number of carbonyl (C=O) groups excluding carboxylic acids is 1. The summed E-state index contributed by atoms with van der Waals surface area (Å²) in [6.07, 6.45) is -3.54. The first-order chi connectivity index (χ1) is 8.21. The number of hydrogen-bond acceptors (Lipinski definition) is 4. The standard InChI is InChI=1S/C10H13F3N4O/c1-6(8(18)17(2)3)15-9-14-5-4-7(16-9)10(11,12)13/h4-6H,1-3H3,(H,14,15,16)/t6-/m0/s1. The van der Waals surface area contributed by atoms with E-state index in [2.05, 4.69) is 15.3 Å². The molecule has 0 aromatic carbocycles. The number of halogens is 3. The number of likely N-dealkylation sites (N-methyl/N-ethyl adjacent to an activating group) is 1. The van der Waals surface area contributed by atoms with Crippen molar-refractivity contribution < 1.29 is 18.0 Å². The van der Waals surface area contributed by atoms with Crippen molar-refractivity contribution in [1.29, 1.82) is 0 Å². The molecule has 1 heterocycles. The molecule has 0 fully saturated rings. The van der Waals surface area contributed by atoms with Gasteiger partial charge in [0, 0.05) is 20.3 Å². The van der Waals surface area contributed by atoms with Crippen molar-refractivity contribution in [1.82, 2.24) is 14.9 Å². The van der Waals surface area contributed by atoms with E-state index in [1.54, 1.807) is 14.1 Å². The van der Waals surface area contributed by atoms with Crippen LogP contribution < -0.4 is 5.32 Å². The SMILES string of the molecule is C[C@H](Nc1nccc(C(F)(F)F)n1)C(=O)N(C)C. The zero-order chi connectivity index (χ0) is 13.9. The molecule has 1 rings (SSSR count).